The van der Waals surface area contributed by atoms with Crippen molar-refractivity contribution in [3.05, 3.63) is 58.7 Å². The summed E-state index contributed by atoms with van der Waals surface area (Å²) in [7, 11) is 1.59. The van der Waals surface area contributed by atoms with Crippen LogP contribution in [-0.4, -0.2) is 36.9 Å². The molecule has 138 valence electrons. The number of aryl methyl sites for hydroxylation is 3. The van der Waals surface area contributed by atoms with E-state index >= 15 is 0 Å². The summed E-state index contributed by atoms with van der Waals surface area (Å²) < 4.78 is 5.59. The van der Waals surface area contributed by atoms with E-state index in [9.17, 15) is 9.59 Å². The van der Waals surface area contributed by atoms with Crippen LogP contribution in [0.15, 0.2) is 36.4 Å². The first-order valence-corrected chi connectivity index (χ1v) is 8.58. The van der Waals surface area contributed by atoms with Crippen molar-refractivity contribution in [1.82, 2.24) is 4.90 Å². The molecule has 0 saturated heterocycles. The zero-order valence-electron chi connectivity index (χ0n) is 16.1. The normalized spacial score (nSPS) is 10.3. The van der Waals surface area contributed by atoms with Crippen molar-refractivity contribution in [2.45, 2.75) is 27.7 Å². The first-order valence-electron chi connectivity index (χ1n) is 8.58. The Morgan fingerprint density at radius 3 is 2.46 bits per heavy atom. The van der Waals surface area contributed by atoms with Crippen LogP contribution in [0.4, 0.5) is 5.69 Å². The second-order valence-corrected chi connectivity index (χ2v) is 6.60. The Morgan fingerprint density at radius 2 is 1.77 bits per heavy atom. The van der Waals surface area contributed by atoms with E-state index in [-0.39, 0.29) is 25.0 Å². The van der Waals surface area contributed by atoms with Crippen molar-refractivity contribution in [2.24, 2.45) is 0 Å². The molecule has 0 spiro atoms. The number of benzene rings is 2. The minimum Gasteiger partial charge on any atom is -0.484 e. The SMILES string of the molecule is Cc1ccc(OCC(=O)N(C)CC(=O)Nc2cccc(C)c2C)c(C)c1. The zero-order chi connectivity index (χ0) is 19.3. The van der Waals surface area contributed by atoms with Gasteiger partial charge >= 0.3 is 0 Å². The molecule has 2 aromatic rings. The largest absolute Gasteiger partial charge is 0.484 e. The lowest BCUT2D eigenvalue weighted by molar-refractivity contribution is -0.135. The van der Waals surface area contributed by atoms with Crippen molar-refractivity contribution in [2.75, 3.05) is 25.5 Å². The minimum absolute atomic E-state index is 0.0253. The van der Waals surface area contributed by atoms with Crippen molar-refractivity contribution in [1.29, 1.82) is 0 Å². The van der Waals surface area contributed by atoms with Crippen LogP contribution in [0.3, 0.4) is 0 Å². The van der Waals surface area contributed by atoms with E-state index in [1.807, 2.05) is 64.1 Å². The number of rotatable bonds is 6. The molecule has 0 unspecified atom stereocenters. The highest BCUT2D eigenvalue weighted by atomic mass is 16.5. The molecule has 0 saturated carbocycles. The number of hydrogen-bond acceptors (Lipinski definition) is 3. The van der Waals surface area contributed by atoms with E-state index in [4.69, 9.17) is 4.74 Å². The number of carbonyl (C=O) groups is 2. The van der Waals surface area contributed by atoms with Gasteiger partial charge in [0.1, 0.15) is 5.75 Å². The molecule has 5 heteroatoms. The third-order valence-corrected chi connectivity index (χ3v) is 4.37. The Morgan fingerprint density at radius 1 is 1.04 bits per heavy atom. The molecule has 0 aromatic heterocycles. The molecule has 2 aromatic carbocycles. The molecule has 0 radical (unpaired) electrons. The standard InChI is InChI=1S/C21H26N2O3/c1-14-9-10-19(16(3)11-14)26-13-21(25)23(5)12-20(24)22-18-8-6-7-15(2)17(18)4/h6-11H,12-13H2,1-5H3,(H,22,24). The Bertz CT molecular complexity index is 815. The Balaban J connectivity index is 1.88. The smallest absolute Gasteiger partial charge is 0.260 e. The highest BCUT2D eigenvalue weighted by Gasteiger charge is 2.15. The van der Waals surface area contributed by atoms with Crippen LogP contribution < -0.4 is 10.1 Å². The number of amides is 2. The summed E-state index contributed by atoms with van der Waals surface area (Å²) in [5.41, 5.74) is 5.01. The number of likely N-dealkylation sites (N-methyl/N-ethyl adjacent to an activating group) is 1. The maximum atomic E-state index is 12.2. The number of ether oxygens (including phenoxy) is 1. The monoisotopic (exact) mass is 354 g/mol. The molecule has 0 heterocycles. The lowest BCUT2D eigenvalue weighted by Gasteiger charge is -2.18. The number of carbonyl (C=O) groups excluding carboxylic acids is 2. The van der Waals surface area contributed by atoms with Crippen LogP contribution in [0.25, 0.3) is 0 Å². The second-order valence-electron chi connectivity index (χ2n) is 6.60. The topological polar surface area (TPSA) is 58.6 Å². The summed E-state index contributed by atoms with van der Waals surface area (Å²) in [4.78, 5) is 25.8. The summed E-state index contributed by atoms with van der Waals surface area (Å²) in [5, 5.41) is 2.85. The van der Waals surface area contributed by atoms with E-state index < -0.39 is 0 Å². The summed E-state index contributed by atoms with van der Waals surface area (Å²) in [6.45, 7) is 7.76. The molecule has 1 N–H and O–H groups in total. The molecule has 0 bridgehead atoms. The van der Waals surface area contributed by atoms with Gasteiger partial charge in [-0.15, -0.1) is 0 Å². The Hall–Kier alpha value is -2.82. The molecule has 5 nitrogen and oxygen atoms in total. The third kappa shape index (κ3) is 5.09. The quantitative estimate of drug-likeness (QED) is 0.865. The molecule has 2 rings (SSSR count). The maximum absolute atomic E-state index is 12.2. The third-order valence-electron chi connectivity index (χ3n) is 4.37. The molecule has 0 aliphatic rings. The first-order chi connectivity index (χ1) is 12.3. The predicted molar refractivity (Wildman–Crippen MR) is 104 cm³/mol. The minimum atomic E-state index is -0.249. The summed E-state index contributed by atoms with van der Waals surface area (Å²) >= 11 is 0. The van der Waals surface area contributed by atoms with E-state index in [0.29, 0.717) is 5.75 Å². The van der Waals surface area contributed by atoms with Crippen LogP contribution >= 0.6 is 0 Å². The summed E-state index contributed by atoms with van der Waals surface area (Å²) in [5.74, 6) is 0.194. The van der Waals surface area contributed by atoms with Gasteiger partial charge in [-0.25, -0.2) is 0 Å². The summed E-state index contributed by atoms with van der Waals surface area (Å²) in [6, 6.07) is 11.5. The molecule has 2 amide bonds. The Kier molecular flexibility index (Phi) is 6.39. The highest BCUT2D eigenvalue weighted by molar-refractivity contribution is 5.95. The van der Waals surface area contributed by atoms with Gasteiger partial charge in [-0.1, -0.05) is 29.8 Å². The fourth-order valence-electron chi connectivity index (χ4n) is 2.59. The lowest BCUT2D eigenvalue weighted by atomic mass is 10.1. The second kappa shape index (κ2) is 8.52. The number of nitrogens with zero attached hydrogens (tertiary/aromatic N) is 1. The number of nitrogens with one attached hydrogen (secondary N) is 1. The highest BCUT2D eigenvalue weighted by Crippen LogP contribution is 2.19. The average Bonchev–Trinajstić information content (AvgIpc) is 2.57. The van der Waals surface area contributed by atoms with Crippen LogP contribution in [0.1, 0.15) is 22.3 Å². The van der Waals surface area contributed by atoms with Crippen molar-refractivity contribution in [3.63, 3.8) is 0 Å². The van der Waals surface area contributed by atoms with Crippen molar-refractivity contribution >= 4 is 17.5 Å². The van der Waals surface area contributed by atoms with E-state index in [1.165, 1.54) is 4.90 Å². The number of hydrogen-bond donors (Lipinski definition) is 1. The number of anilines is 1. The molecule has 0 aliphatic heterocycles. The van der Waals surface area contributed by atoms with Gasteiger partial charge in [0.25, 0.3) is 5.91 Å². The van der Waals surface area contributed by atoms with Crippen LogP contribution in [0.5, 0.6) is 5.75 Å². The van der Waals surface area contributed by atoms with E-state index in [0.717, 1.165) is 27.9 Å². The zero-order valence-corrected chi connectivity index (χ0v) is 16.1. The Labute approximate surface area is 155 Å². The molecule has 0 atom stereocenters. The van der Waals surface area contributed by atoms with Gasteiger partial charge in [-0.2, -0.15) is 0 Å². The van der Waals surface area contributed by atoms with Crippen LogP contribution in [0, 0.1) is 27.7 Å². The molecule has 26 heavy (non-hydrogen) atoms. The van der Waals surface area contributed by atoms with Gasteiger partial charge in [0, 0.05) is 12.7 Å². The predicted octanol–water partition coefficient (Wildman–Crippen LogP) is 3.40. The fraction of sp³-hybridized carbons (Fsp3) is 0.333. The maximum Gasteiger partial charge on any atom is 0.260 e. The van der Waals surface area contributed by atoms with Crippen molar-refractivity contribution in [3.8, 4) is 5.75 Å². The molecule has 0 fully saturated rings. The van der Waals surface area contributed by atoms with E-state index in [1.54, 1.807) is 7.05 Å². The average molecular weight is 354 g/mol. The first kappa shape index (κ1) is 19.5. The van der Waals surface area contributed by atoms with E-state index in [2.05, 4.69) is 5.32 Å². The van der Waals surface area contributed by atoms with Gasteiger partial charge < -0.3 is 15.0 Å². The van der Waals surface area contributed by atoms with Gasteiger partial charge in [0.15, 0.2) is 6.61 Å². The molecule has 0 aliphatic carbocycles. The van der Waals surface area contributed by atoms with Gasteiger partial charge in [0.2, 0.25) is 5.91 Å². The molecular weight excluding hydrogens is 328 g/mol. The van der Waals surface area contributed by atoms with Gasteiger partial charge in [0.05, 0.1) is 6.54 Å². The molecular formula is C21H26N2O3. The van der Waals surface area contributed by atoms with Crippen molar-refractivity contribution < 1.29 is 14.3 Å². The lowest BCUT2D eigenvalue weighted by Crippen LogP contribution is -2.37. The van der Waals surface area contributed by atoms with Crippen LogP contribution in [0.2, 0.25) is 0 Å². The van der Waals surface area contributed by atoms with Crippen LogP contribution in [-0.2, 0) is 9.59 Å². The summed E-state index contributed by atoms with van der Waals surface area (Å²) in [6.07, 6.45) is 0. The van der Waals surface area contributed by atoms with Gasteiger partial charge in [-0.3, -0.25) is 9.59 Å². The van der Waals surface area contributed by atoms with Gasteiger partial charge in [-0.05, 0) is 56.5 Å². The fourth-order valence-corrected chi connectivity index (χ4v) is 2.59.